The molecule has 0 aromatic heterocycles. The Balaban J connectivity index is 1.94. The Morgan fingerprint density at radius 3 is 2.71 bits per heavy atom. The van der Waals surface area contributed by atoms with E-state index in [1.165, 1.54) is 25.0 Å². The van der Waals surface area contributed by atoms with Crippen molar-refractivity contribution in [1.29, 1.82) is 0 Å². The van der Waals surface area contributed by atoms with Gasteiger partial charge in [0.2, 0.25) is 0 Å². The predicted molar refractivity (Wildman–Crippen MR) is 88.3 cm³/mol. The molecule has 2 aliphatic rings. The molecular weight excluding hydrogens is 282 g/mol. The summed E-state index contributed by atoms with van der Waals surface area (Å²) in [4.78, 5) is 0. The fraction of sp³-hybridized carbons (Fsp3) is 0.647. The molecule has 1 aliphatic carbocycles. The van der Waals surface area contributed by atoms with Crippen LogP contribution in [0.3, 0.4) is 0 Å². The summed E-state index contributed by atoms with van der Waals surface area (Å²) in [5.41, 5.74) is 7.62. The van der Waals surface area contributed by atoms with Gasteiger partial charge in [0.1, 0.15) is 6.10 Å². The third-order valence-electron chi connectivity index (χ3n) is 4.65. The largest absolute Gasteiger partial charge is 0.493 e. The molecule has 0 bridgehead atoms. The van der Waals surface area contributed by atoms with Gasteiger partial charge in [0.15, 0.2) is 11.5 Å². The number of hydrogen-bond acceptors (Lipinski definition) is 4. The summed E-state index contributed by atoms with van der Waals surface area (Å²) < 4.78 is 11.9. The van der Waals surface area contributed by atoms with Crippen LogP contribution in [0.25, 0.3) is 0 Å². The summed E-state index contributed by atoms with van der Waals surface area (Å²) in [5, 5.41) is 0. The van der Waals surface area contributed by atoms with E-state index in [2.05, 4.69) is 6.07 Å². The first-order chi connectivity index (χ1) is 10.2. The van der Waals surface area contributed by atoms with Crippen molar-refractivity contribution < 1.29 is 9.47 Å². The fourth-order valence-corrected chi connectivity index (χ4v) is 4.51. The molecule has 0 amide bonds. The summed E-state index contributed by atoms with van der Waals surface area (Å²) in [5.74, 6) is 3.95. The van der Waals surface area contributed by atoms with Crippen LogP contribution in [0.15, 0.2) is 18.2 Å². The van der Waals surface area contributed by atoms with Crippen molar-refractivity contribution in [3.63, 3.8) is 0 Å². The Kier molecular flexibility index (Phi) is 4.65. The van der Waals surface area contributed by atoms with Crippen molar-refractivity contribution in [3.8, 4) is 11.5 Å². The van der Waals surface area contributed by atoms with E-state index < -0.39 is 0 Å². The van der Waals surface area contributed by atoms with E-state index in [1.54, 1.807) is 7.11 Å². The van der Waals surface area contributed by atoms with Gasteiger partial charge in [0.25, 0.3) is 0 Å². The van der Waals surface area contributed by atoms with Crippen molar-refractivity contribution in [2.45, 2.75) is 50.2 Å². The smallest absolute Gasteiger partial charge is 0.166 e. The second-order valence-corrected chi connectivity index (χ2v) is 7.31. The van der Waals surface area contributed by atoms with Crippen LogP contribution in [0, 0.1) is 0 Å². The molecule has 1 aromatic rings. The normalized spacial score (nSPS) is 24.8. The van der Waals surface area contributed by atoms with Gasteiger partial charge in [-0.1, -0.05) is 31.4 Å². The van der Waals surface area contributed by atoms with Gasteiger partial charge in [-0.15, -0.1) is 0 Å². The van der Waals surface area contributed by atoms with Gasteiger partial charge in [0.05, 0.1) is 7.11 Å². The highest BCUT2D eigenvalue weighted by Crippen LogP contribution is 2.44. The molecule has 0 spiro atoms. The predicted octanol–water partition coefficient (Wildman–Crippen LogP) is 3.70. The lowest BCUT2D eigenvalue weighted by Gasteiger charge is -2.35. The monoisotopic (exact) mass is 307 g/mol. The molecule has 3 rings (SSSR count). The highest BCUT2D eigenvalue weighted by Gasteiger charge is 2.34. The van der Waals surface area contributed by atoms with E-state index in [1.807, 2.05) is 23.9 Å². The Morgan fingerprint density at radius 2 is 2.05 bits per heavy atom. The number of thioether (sulfide) groups is 1. The van der Waals surface area contributed by atoms with Crippen molar-refractivity contribution in [1.82, 2.24) is 0 Å². The van der Waals surface area contributed by atoms with Crippen LogP contribution in [0.5, 0.6) is 11.5 Å². The van der Waals surface area contributed by atoms with E-state index >= 15 is 0 Å². The molecule has 1 saturated heterocycles. The van der Waals surface area contributed by atoms with Crippen molar-refractivity contribution in [2.75, 3.05) is 18.6 Å². The van der Waals surface area contributed by atoms with E-state index in [9.17, 15) is 0 Å². The summed E-state index contributed by atoms with van der Waals surface area (Å²) in [7, 11) is 1.71. The molecule has 2 N–H and O–H groups in total. The molecule has 21 heavy (non-hydrogen) atoms. The molecule has 4 heteroatoms. The molecule has 1 saturated carbocycles. The highest BCUT2D eigenvalue weighted by atomic mass is 32.2. The lowest BCUT2D eigenvalue weighted by atomic mass is 9.77. The molecule has 1 unspecified atom stereocenters. The lowest BCUT2D eigenvalue weighted by Crippen LogP contribution is -2.39. The number of para-hydroxylation sites is 1. The van der Waals surface area contributed by atoms with Gasteiger partial charge in [0, 0.05) is 16.9 Å². The van der Waals surface area contributed by atoms with Crippen molar-refractivity contribution in [2.24, 2.45) is 5.73 Å². The highest BCUT2D eigenvalue weighted by molar-refractivity contribution is 7.99. The van der Waals surface area contributed by atoms with Gasteiger partial charge in [-0.3, -0.25) is 0 Å². The van der Waals surface area contributed by atoms with E-state index in [0.29, 0.717) is 0 Å². The molecule has 116 valence electrons. The number of methoxy groups -OCH3 is 1. The molecule has 0 radical (unpaired) electrons. The van der Waals surface area contributed by atoms with Crippen LogP contribution >= 0.6 is 11.8 Å². The summed E-state index contributed by atoms with van der Waals surface area (Å²) in [6.45, 7) is 0. The zero-order chi connectivity index (χ0) is 14.7. The first-order valence-corrected chi connectivity index (χ1v) is 9.09. The van der Waals surface area contributed by atoms with Gasteiger partial charge in [-0.25, -0.2) is 0 Å². The minimum atomic E-state index is -0.256. The summed E-state index contributed by atoms with van der Waals surface area (Å²) >= 11 is 1.96. The minimum absolute atomic E-state index is 0.256. The first-order valence-electron chi connectivity index (χ1n) is 7.94. The average molecular weight is 307 g/mol. The van der Waals surface area contributed by atoms with Crippen LogP contribution in [0.1, 0.15) is 44.1 Å². The Morgan fingerprint density at radius 1 is 1.24 bits per heavy atom. The molecule has 1 heterocycles. The molecule has 1 aliphatic heterocycles. The molecule has 1 aromatic carbocycles. The van der Waals surface area contributed by atoms with Crippen LogP contribution in [0.4, 0.5) is 0 Å². The third kappa shape index (κ3) is 3.16. The number of nitrogens with two attached hydrogens (primary N) is 1. The molecule has 1 atom stereocenters. The summed E-state index contributed by atoms with van der Waals surface area (Å²) in [6.07, 6.45) is 7.17. The molecule has 2 fully saturated rings. The second kappa shape index (κ2) is 6.49. The Labute approximate surface area is 131 Å². The maximum Gasteiger partial charge on any atom is 0.166 e. The molecule has 3 nitrogen and oxygen atoms in total. The summed E-state index contributed by atoms with van der Waals surface area (Å²) in [6, 6.07) is 6.14. The second-order valence-electron chi connectivity index (χ2n) is 6.16. The Hall–Kier alpha value is -0.870. The zero-order valence-corrected chi connectivity index (χ0v) is 13.6. The minimum Gasteiger partial charge on any atom is -0.493 e. The standard InChI is InChI=1S/C17H25NO2S/c1-19-15-7-5-6-14(17(18)9-3-2-4-10-17)16(15)20-13-8-11-21-12-13/h5-7,13H,2-4,8-12,18H2,1H3. The van der Waals surface area contributed by atoms with Crippen LogP contribution in [-0.2, 0) is 5.54 Å². The maximum absolute atomic E-state index is 6.74. The SMILES string of the molecule is COc1cccc(C2(N)CCCCC2)c1OC1CCSC1. The van der Waals surface area contributed by atoms with Gasteiger partial charge < -0.3 is 15.2 Å². The number of ether oxygens (including phenoxy) is 2. The molecular formula is C17H25NO2S. The third-order valence-corrected chi connectivity index (χ3v) is 5.79. The lowest BCUT2D eigenvalue weighted by molar-refractivity contribution is 0.204. The quantitative estimate of drug-likeness (QED) is 0.921. The van der Waals surface area contributed by atoms with Crippen molar-refractivity contribution in [3.05, 3.63) is 23.8 Å². The maximum atomic E-state index is 6.74. The zero-order valence-electron chi connectivity index (χ0n) is 12.8. The fourth-order valence-electron chi connectivity index (χ4n) is 3.41. The first kappa shape index (κ1) is 15.0. The number of hydrogen-bond donors (Lipinski definition) is 1. The van der Waals surface area contributed by atoms with E-state index in [0.717, 1.165) is 42.1 Å². The topological polar surface area (TPSA) is 44.5 Å². The number of benzene rings is 1. The average Bonchev–Trinajstić information content (AvgIpc) is 3.01. The van der Waals surface area contributed by atoms with Gasteiger partial charge in [-0.2, -0.15) is 11.8 Å². The van der Waals surface area contributed by atoms with Crippen LogP contribution in [-0.4, -0.2) is 24.7 Å². The van der Waals surface area contributed by atoms with Crippen LogP contribution < -0.4 is 15.2 Å². The van der Waals surface area contributed by atoms with Gasteiger partial charge in [-0.05, 0) is 31.1 Å². The van der Waals surface area contributed by atoms with E-state index in [-0.39, 0.29) is 11.6 Å². The number of rotatable bonds is 4. The Bertz CT molecular complexity index is 480. The van der Waals surface area contributed by atoms with Gasteiger partial charge >= 0.3 is 0 Å². The van der Waals surface area contributed by atoms with Crippen molar-refractivity contribution >= 4 is 11.8 Å². The van der Waals surface area contributed by atoms with Crippen LogP contribution in [0.2, 0.25) is 0 Å². The van der Waals surface area contributed by atoms with E-state index in [4.69, 9.17) is 15.2 Å².